The Bertz CT molecular complexity index is 435. The van der Waals surface area contributed by atoms with Crippen LogP contribution in [-0.2, 0) is 14.3 Å². The first-order chi connectivity index (χ1) is 7.69. The molecule has 1 saturated heterocycles. The molecule has 0 spiro atoms. The number of benzene rings is 1. The third-order valence-corrected chi connectivity index (χ3v) is 2.57. The first-order valence-corrected chi connectivity index (χ1v) is 4.75. The van der Waals surface area contributed by atoms with Crippen LogP contribution in [0.4, 0.5) is 10.1 Å². The molecule has 5 heteroatoms. The van der Waals surface area contributed by atoms with Crippen LogP contribution in [0.1, 0.15) is 0 Å². The molecule has 0 radical (unpaired) electrons. The van der Waals surface area contributed by atoms with Crippen molar-refractivity contribution in [2.45, 2.75) is 12.1 Å². The van der Waals surface area contributed by atoms with Gasteiger partial charge in [-0.3, -0.25) is 9.69 Å². The summed E-state index contributed by atoms with van der Waals surface area (Å²) in [5, 5.41) is 0. The van der Waals surface area contributed by atoms with Crippen molar-refractivity contribution < 1.29 is 18.7 Å². The van der Waals surface area contributed by atoms with Crippen LogP contribution in [0.5, 0.6) is 0 Å². The molecule has 1 aromatic rings. The van der Waals surface area contributed by atoms with E-state index in [0.717, 1.165) is 0 Å². The Balaban J connectivity index is 2.29. The average Bonchev–Trinajstić information content (AvgIpc) is 2.26. The lowest BCUT2D eigenvalue weighted by Gasteiger charge is -2.42. The number of aldehydes is 1. The minimum absolute atomic E-state index is 0.329. The highest BCUT2D eigenvalue weighted by Gasteiger charge is 2.48. The van der Waals surface area contributed by atoms with E-state index < -0.39 is 18.0 Å². The second-order valence-electron chi connectivity index (χ2n) is 3.47. The standard InChI is InChI=1S/C11H10FNO3/c1-16-10-9(6-14)13(11(10)15)8-4-2-3-7(12)5-8/h2-6,9-10H,1H3/t9-,10+/m0/s1. The van der Waals surface area contributed by atoms with E-state index >= 15 is 0 Å². The predicted molar refractivity (Wildman–Crippen MR) is 54.5 cm³/mol. The summed E-state index contributed by atoms with van der Waals surface area (Å²) in [7, 11) is 1.36. The Morgan fingerprint density at radius 2 is 2.25 bits per heavy atom. The number of amides is 1. The van der Waals surface area contributed by atoms with E-state index in [-0.39, 0.29) is 5.91 Å². The van der Waals surface area contributed by atoms with Crippen molar-refractivity contribution in [1.82, 2.24) is 0 Å². The van der Waals surface area contributed by atoms with Gasteiger partial charge in [0.25, 0.3) is 5.91 Å². The normalized spacial score (nSPS) is 24.1. The number of β-lactam (4-membered cyclic amide) rings is 1. The van der Waals surface area contributed by atoms with E-state index in [1.165, 1.54) is 30.2 Å². The molecule has 0 saturated carbocycles. The molecule has 84 valence electrons. The van der Waals surface area contributed by atoms with Gasteiger partial charge >= 0.3 is 0 Å². The molecular weight excluding hydrogens is 213 g/mol. The fraction of sp³-hybridized carbons (Fsp3) is 0.273. The van der Waals surface area contributed by atoms with E-state index in [9.17, 15) is 14.0 Å². The number of nitrogens with zero attached hydrogens (tertiary/aromatic N) is 1. The summed E-state index contributed by atoms with van der Waals surface area (Å²) in [6, 6.07) is 4.88. The van der Waals surface area contributed by atoms with Crippen molar-refractivity contribution >= 4 is 17.9 Å². The number of halogens is 1. The van der Waals surface area contributed by atoms with Crippen molar-refractivity contribution in [2.75, 3.05) is 12.0 Å². The molecule has 0 aromatic heterocycles. The lowest BCUT2D eigenvalue weighted by molar-refractivity contribution is -0.142. The molecule has 4 nitrogen and oxygen atoms in total. The van der Waals surface area contributed by atoms with Gasteiger partial charge in [-0.25, -0.2) is 4.39 Å². The summed E-state index contributed by atoms with van der Waals surface area (Å²) in [4.78, 5) is 23.6. The Morgan fingerprint density at radius 1 is 1.50 bits per heavy atom. The van der Waals surface area contributed by atoms with Gasteiger partial charge in [0.1, 0.15) is 18.1 Å². The highest BCUT2D eigenvalue weighted by molar-refractivity contribution is 6.09. The maximum absolute atomic E-state index is 13.0. The summed E-state index contributed by atoms with van der Waals surface area (Å²) < 4.78 is 17.8. The highest BCUT2D eigenvalue weighted by atomic mass is 19.1. The number of hydrogen-bond donors (Lipinski definition) is 0. The van der Waals surface area contributed by atoms with Gasteiger partial charge in [0.05, 0.1) is 0 Å². The van der Waals surface area contributed by atoms with Crippen molar-refractivity contribution in [3.8, 4) is 0 Å². The van der Waals surface area contributed by atoms with Gasteiger partial charge < -0.3 is 9.53 Å². The maximum Gasteiger partial charge on any atom is 0.259 e. The average molecular weight is 223 g/mol. The molecule has 1 amide bonds. The first kappa shape index (κ1) is 10.8. The molecule has 1 aliphatic heterocycles. The van der Waals surface area contributed by atoms with E-state index in [4.69, 9.17) is 4.74 Å². The zero-order chi connectivity index (χ0) is 11.7. The van der Waals surface area contributed by atoms with Gasteiger partial charge in [-0.1, -0.05) is 6.07 Å². The van der Waals surface area contributed by atoms with Crippen LogP contribution in [0.3, 0.4) is 0 Å². The van der Waals surface area contributed by atoms with Crippen LogP contribution < -0.4 is 4.90 Å². The molecule has 0 N–H and O–H groups in total. The third kappa shape index (κ3) is 1.49. The number of ether oxygens (including phenoxy) is 1. The maximum atomic E-state index is 13.0. The molecule has 2 atom stereocenters. The molecule has 0 unspecified atom stereocenters. The Kier molecular flexibility index (Phi) is 2.70. The van der Waals surface area contributed by atoms with E-state index in [1.54, 1.807) is 6.07 Å². The van der Waals surface area contributed by atoms with Gasteiger partial charge in [0.15, 0.2) is 6.10 Å². The minimum Gasteiger partial charge on any atom is -0.369 e. The first-order valence-electron chi connectivity index (χ1n) is 4.75. The fourth-order valence-corrected chi connectivity index (χ4v) is 1.78. The summed E-state index contributed by atoms with van der Waals surface area (Å²) in [6.45, 7) is 0. The summed E-state index contributed by atoms with van der Waals surface area (Å²) in [6.07, 6.45) is -0.124. The molecule has 1 aliphatic rings. The fourth-order valence-electron chi connectivity index (χ4n) is 1.78. The number of methoxy groups -OCH3 is 1. The second kappa shape index (κ2) is 4.02. The molecule has 16 heavy (non-hydrogen) atoms. The molecule has 1 fully saturated rings. The van der Waals surface area contributed by atoms with Crippen molar-refractivity contribution in [3.63, 3.8) is 0 Å². The minimum atomic E-state index is -0.749. The lowest BCUT2D eigenvalue weighted by atomic mass is 9.98. The molecule has 1 heterocycles. The van der Waals surface area contributed by atoms with E-state index in [0.29, 0.717) is 12.0 Å². The Morgan fingerprint density at radius 3 is 2.81 bits per heavy atom. The number of anilines is 1. The number of carbonyl (C=O) groups excluding carboxylic acids is 2. The monoisotopic (exact) mass is 223 g/mol. The molecule has 2 rings (SSSR count). The van der Waals surface area contributed by atoms with Crippen LogP contribution in [0.15, 0.2) is 24.3 Å². The number of carbonyl (C=O) groups is 2. The summed E-state index contributed by atoms with van der Waals surface area (Å²) in [5.41, 5.74) is 0.371. The van der Waals surface area contributed by atoms with Crippen LogP contribution in [-0.4, -0.2) is 31.4 Å². The Labute approximate surface area is 91.6 Å². The number of rotatable bonds is 3. The van der Waals surface area contributed by atoms with Gasteiger partial charge in [-0.15, -0.1) is 0 Å². The highest BCUT2D eigenvalue weighted by Crippen LogP contribution is 2.28. The zero-order valence-electron chi connectivity index (χ0n) is 8.59. The summed E-state index contributed by atoms with van der Waals surface area (Å²) in [5.74, 6) is -0.777. The van der Waals surface area contributed by atoms with Crippen LogP contribution in [0, 0.1) is 5.82 Å². The van der Waals surface area contributed by atoms with E-state index in [1.807, 2.05) is 0 Å². The van der Waals surface area contributed by atoms with Gasteiger partial charge in [-0.2, -0.15) is 0 Å². The van der Waals surface area contributed by atoms with Crippen molar-refractivity contribution in [1.29, 1.82) is 0 Å². The van der Waals surface area contributed by atoms with Crippen LogP contribution >= 0.6 is 0 Å². The van der Waals surface area contributed by atoms with Gasteiger partial charge in [0.2, 0.25) is 0 Å². The predicted octanol–water partition coefficient (Wildman–Crippen LogP) is 0.755. The molecular formula is C11H10FNO3. The lowest BCUT2D eigenvalue weighted by Crippen LogP contribution is -2.66. The largest absolute Gasteiger partial charge is 0.369 e. The zero-order valence-corrected chi connectivity index (χ0v) is 8.59. The molecule has 0 bridgehead atoms. The smallest absolute Gasteiger partial charge is 0.259 e. The SMILES string of the molecule is CO[C@H]1C(=O)N(c2cccc(F)c2)[C@H]1C=O. The Hall–Kier alpha value is -1.75. The van der Waals surface area contributed by atoms with Crippen LogP contribution in [0.2, 0.25) is 0 Å². The van der Waals surface area contributed by atoms with Crippen molar-refractivity contribution in [2.24, 2.45) is 0 Å². The molecule has 0 aliphatic carbocycles. The number of hydrogen-bond acceptors (Lipinski definition) is 3. The second-order valence-corrected chi connectivity index (χ2v) is 3.47. The van der Waals surface area contributed by atoms with Gasteiger partial charge in [0, 0.05) is 12.8 Å². The van der Waals surface area contributed by atoms with Crippen molar-refractivity contribution in [3.05, 3.63) is 30.1 Å². The van der Waals surface area contributed by atoms with Crippen LogP contribution in [0.25, 0.3) is 0 Å². The molecule has 1 aromatic carbocycles. The van der Waals surface area contributed by atoms with E-state index in [2.05, 4.69) is 0 Å². The third-order valence-electron chi connectivity index (χ3n) is 2.57. The quantitative estimate of drug-likeness (QED) is 0.561. The van der Waals surface area contributed by atoms with Gasteiger partial charge in [-0.05, 0) is 18.2 Å². The topological polar surface area (TPSA) is 46.6 Å². The summed E-state index contributed by atoms with van der Waals surface area (Å²) >= 11 is 0.